The van der Waals surface area contributed by atoms with E-state index in [1.54, 1.807) is 0 Å². The van der Waals surface area contributed by atoms with Crippen molar-refractivity contribution in [3.63, 3.8) is 0 Å². The molecule has 4 heteroatoms. The van der Waals surface area contributed by atoms with E-state index in [2.05, 4.69) is 42.7 Å². The highest BCUT2D eigenvalue weighted by Gasteiger charge is 2.07. The maximum absolute atomic E-state index is 5.90. The minimum absolute atomic E-state index is 0.676. The second-order valence-corrected chi connectivity index (χ2v) is 6.26. The smallest absolute Gasteiger partial charge is 0.170 e. The van der Waals surface area contributed by atoms with Crippen molar-refractivity contribution in [3.8, 4) is 0 Å². The predicted molar refractivity (Wildman–Crippen MR) is 105 cm³/mol. The Morgan fingerprint density at radius 2 is 1.61 bits per heavy atom. The quantitative estimate of drug-likeness (QED) is 0.720. The Hall–Kier alpha value is -1.58. The molecule has 2 N–H and O–H groups in total. The molecule has 2 rings (SSSR count). The first-order valence-corrected chi connectivity index (χ1v) is 8.82. The normalized spacial score (nSPS) is 10.4. The van der Waals surface area contributed by atoms with Crippen molar-refractivity contribution in [2.75, 3.05) is 11.9 Å². The Balaban J connectivity index is 1.91. The third kappa shape index (κ3) is 5.22. The average Bonchev–Trinajstić information content (AvgIpc) is 2.57. The SMILES string of the molecule is CCc1cccc(CC)c1NC(=S)NCCc1ccc(Cl)cc1. The number of hydrogen-bond donors (Lipinski definition) is 2. The Bertz CT molecular complexity index is 631. The molecular formula is C19H23ClN2S. The molecule has 0 aliphatic rings. The van der Waals surface area contributed by atoms with Gasteiger partial charge in [0.25, 0.3) is 0 Å². The summed E-state index contributed by atoms with van der Waals surface area (Å²) >= 11 is 11.3. The number of para-hydroxylation sites is 1. The van der Waals surface area contributed by atoms with Gasteiger partial charge in [-0.1, -0.05) is 55.8 Å². The molecule has 2 nitrogen and oxygen atoms in total. The predicted octanol–water partition coefficient (Wildman–Crippen LogP) is 4.99. The third-order valence-electron chi connectivity index (χ3n) is 3.85. The van der Waals surface area contributed by atoms with Crippen LogP contribution in [0, 0.1) is 0 Å². The van der Waals surface area contributed by atoms with Crippen molar-refractivity contribution in [1.82, 2.24) is 5.32 Å². The molecule has 23 heavy (non-hydrogen) atoms. The van der Waals surface area contributed by atoms with Crippen molar-refractivity contribution in [3.05, 3.63) is 64.2 Å². The van der Waals surface area contributed by atoms with Crippen LogP contribution in [-0.4, -0.2) is 11.7 Å². The zero-order chi connectivity index (χ0) is 16.7. The van der Waals surface area contributed by atoms with E-state index in [0.29, 0.717) is 5.11 Å². The highest BCUT2D eigenvalue weighted by atomic mass is 35.5. The molecule has 0 aliphatic carbocycles. The van der Waals surface area contributed by atoms with Gasteiger partial charge in [-0.15, -0.1) is 0 Å². The average molecular weight is 347 g/mol. The summed E-state index contributed by atoms with van der Waals surface area (Å²) in [6, 6.07) is 14.3. The van der Waals surface area contributed by atoms with Gasteiger partial charge < -0.3 is 10.6 Å². The number of rotatable bonds is 6. The monoisotopic (exact) mass is 346 g/mol. The molecule has 0 saturated carbocycles. The molecule has 0 spiro atoms. The Morgan fingerprint density at radius 3 is 2.17 bits per heavy atom. The van der Waals surface area contributed by atoms with Crippen molar-refractivity contribution < 1.29 is 0 Å². The first-order valence-electron chi connectivity index (χ1n) is 8.04. The van der Waals surface area contributed by atoms with Gasteiger partial charge in [0.1, 0.15) is 0 Å². The summed E-state index contributed by atoms with van der Waals surface area (Å²) in [5.41, 5.74) is 4.99. The van der Waals surface area contributed by atoms with Crippen molar-refractivity contribution in [2.24, 2.45) is 0 Å². The maximum atomic E-state index is 5.90. The van der Waals surface area contributed by atoms with Gasteiger partial charge >= 0.3 is 0 Å². The summed E-state index contributed by atoms with van der Waals surface area (Å²) in [6.45, 7) is 5.12. The van der Waals surface area contributed by atoms with E-state index in [1.807, 2.05) is 24.3 Å². The van der Waals surface area contributed by atoms with Gasteiger partial charge in [-0.2, -0.15) is 0 Å². The van der Waals surface area contributed by atoms with E-state index in [9.17, 15) is 0 Å². The molecular weight excluding hydrogens is 324 g/mol. The topological polar surface area (TPSA) is 24.1 Å². The van der Waals surface area contributed by atoms with E-state index in [1.165, 1.54) is 16.7 Å². The van der Waals surface area contributed by atoms with E-state index < -0.39 is 0 Å². The van der Waals surface area contributed by atoms with E-state index in [4.69, 9.17) is 23.8 Å². The summed E-state index contributed by atoms with van der Waals surface area (Å²) < 4.78 is 0. The number of thiocarbonyl (C=S) groups is 1. The van der Waals surface area contributed by atoms with Crippen LogP contribution >= 0.6 is 23.8 Å². The Morgan fingerprint density at radius 1 is 1.00 bits per heavy atom. The van der Waals surface area contributed by atoms with Gasteiger partial charge in [0.15, 0.2) is 5.11 Å². The van der Waals surface area contributed by atoms with Crippen LogP contribution in [0.4, 0.5) is 5.69 Å². The lowest BCUT2D eigenvalue weighted by Crippen LogP contribution is -2.31. The highest BCUT2D eigenvalue weighted by molar-refractivity contribution is 7.80. The molecule has 0 radical (unpaired) electrons. The summed E-state index contributed by atoms with van der Waals surface area (Å²) in [5.74, 6) is 0. The van der Waals surface area contributed by atoms with Crippen LogP contribution in [0.5, 0.6) is 0 Å². The van der Waals surface area contributed by atoms with E-state index in [0.717, 1.165) is 36.5 Å². The van der Waals surface area contributed by atoms with E-state index >= 15 is 0 Å². The molecule has 0 bridgehead atoms. The largest absolute Gasteiger partial charge is 0.362 e. The summed E-state index contributed by atoms with van der Waals surface area (Å²) in [5, 5.41) is 8.10. The number of nitrogens with one attached hydrogen (secondary N) is 2. The number of anilines is 1. The third-order valence-corrected chi connectivity index (χ3v) is 4.35. The van der Waals surface area contributed by atoms with Gasteiger partial charge in [0.05, 0.1) is 0 Å². The van der Waals surface area contributed by atoms with Gasteiger partial charge in [-0.05, 0) is 60.3 Å². The summed E-state index contributed by atoms with van der Waals surface area (Å²) in [7, 11) is 0. The standard InChI is InChI=1S/C19H23ClN2S/c1-3-15-6-5-7-16(4-2)18(15)22-19(23)21-13-12-14-8-10-17(20)11-9-14/h5-11H,3-4,12-13H2,1-2H3,(H2,21,22,23). The molecule has 0 unspecified atom stereocenters. The van der Waals surface area contributed by atoms with Crippen LogP contribution in [0.15, 0.2) is 42.5 Å². The van der Waals surface area contributed by atoms with E-state index in [-0.39, 0.29) is 0 Å². The first kappa shape index (κ1) is 17.8. The first-order chi connectivity index (χ1) is 11.1. The number of halogens is 1. The van der Waals surface area contributed by atoms with Gasteiger partial charge in [0, 0.05) is 17.3 Å². The lowest BCUT2D eigenvalue weighted by molar-refractivity contribution is 0.873. The van der Waals surface area contributed by atoms with Crippen LogP contribution in [0.2, 0.25) is 5.02 Å². The van der Waals surface area contributed by atoms with Crippen molar-refractivity contribution >= 4 is 34.6 Å². The molecule has 0 fully saturated rings. The van der Waals surface area contributed by atoms with Crippen molar-refractivity contribution in [1.29, 1.82) is 0 Å². The fourth-order valence-electron chi connectivity index (χ4n) is 2.53. The summed E-state index contributed by atoms with van der Waals surface area (Å²) in [6.07, 6.45) is 2.89. The fraction of sp³-hybridized carbons (Fsp3) is 0.316. The minimum Gasteiger partial charge on any atom is -0.362 e. The highest BCUT2D eigenvalue weighted by Crippen LogP contribution is 2.22. The van der Waals surface area contributed by atoms with Gasteiger partial charge in [-0.25, -0.2) is 0 Å². The molecule has 0 heterocycles. The number of aryl methyl sites for hydroxylation is 2. The van der Waals surface area contributed by atoms with Crippen molar-refractivity contribution in [2.45, 2.75) is 33.1 Å². The number of hydrogen-bond acceptors (Lipinski definition) is 1. The number of benzene rings is 2. The second-order valence-electron chi connectivity index (χ2n) is 5.42. The molecule has 0 saturated heterocycles. The Kier molecular flexibility index (Phi) is 6.87. The fourth-order valence-corrected chi connectivity index (χ4v) is 2.86. The lowest BCUT2D eigenvalue weighted by atomic mass is 10.0. The molecule has 2 aromatic carbocycles. The van der Waals surface area contributed by atoms with Crippen LogP contribution in [0.25, 0.3) is 0 Å². The molecule has 0 amide bonds. The molecule has 0 aliphatic heterocycles. The van der Waals surface area contributed by atoms with Crippen LogP contribution in [-0.2, 0) is 19.3 Å². The molecule has 0 aromatic heterocycles. The van der Waals surface area contributed by atoms with Crippen LogP contribution in [0.3, 0.4) is 0 Å². The van der Waals surface area contributed by atoms with Gasteiger partial charge in [-0.3, -0.25) is 0 Å². The summed E-state index contributed by atoms with van der Waals surface area (Å²) in [4.78, 5) is 0. The van der Waals surface area contributed by atoms with Crippen LogP contribution < -0.4 is 10.6 Å². The zero-order valence-electron chi connectivity index (χ0n) is 13.7. The lowest BCUT2D eigenvalue weighted by Gasteiger charge is -2.17. The zero-order valence-corrected chi connectivity index (χ0v) is 15.2. The second kappa shape index (κ2) is 8.90. The molecule has 122 valence electrons. The maximum Gasteiger partial charge on any atom is 0.170 e. The Labute approximate surface area is 149 Å². The minimum atomic E-state index is 0.676. The van der Waals surface area contributed by atoms with Gasteiger partial charge in [0.2, 0.25) is 0 Å². The van der Waals surface area contributed by atoms with Crippen LogP contribution in [0.1, 0.15) is 30.5 Å². The molecule has 2 aromatic rings. The molecule has 0 atom stereocenters.